The van der Waals surface area contributed by atoms with E-state index in [4.69, 9.17) is 10.8 Å². The summed E-state index contributed by atoms with van der Waals surface area (Å²) in [7, 11) is 0. The summed E-state index contributed by atoms with van der Waals surface area (Å²) >= 11 is 0. The van der Waals surface area contributed by atoms with Gasteiger partial charge in [0.1, 0.15) is 0 Å². The van der Waals surface area contributed by atoms with E-state index in [0.29, 0.717) is 12.2 Å². The number of carboxylic acid groups (broad SMARTS) is 1. The molecule has 0 atom stereocenters. The number of carbonyl (C=O) groups is 1. The summed E-state index contributed by atoms with van der Waals surface area (Å²) < 4.78 is 0. The molecule has 21 heavy (non-hydrogen) atoms. The van der Waals surface area contributed by atoms with Crippen molar-refractivity contribution >= 4 is 11.7 Å². The van der Waals surface area contributed by atoms with E-state index < -0.39 is 5.97 Å². The molecule has 0 aliphatic carbocycles. The molecule has 0 aromatic heterocycles. The molecule has 4 heteroatoms. The van der Waals surface area contributed by atoms with Gasteiger partial charge in [-0.25, -0.2) is 4.79 Å². The molecule has 4 nitrogen and oxygen atoms in total. The van der Waals surface area contributed by atoms with Gasteiger partial charge in [-0.05, 0) is 29.8 Å². The van der Waals surface area contributed by atoms with E-state index in [-0.39, 0.29) is 5.56 Å². The maximum absolute atomic E-state index is 10.9. The van der Waals surface area contributed by atoms with E-state index in [1.807, 2.05) is 18.2 Å². The third-order valence-corrected chi connectivity index (χ3v) is 3.48. The number of nitrogens with two attached hydrogens (primary N) is 1. The first-order chi connectivity index (χ1) is 10.1. The Bertz CT molecular complexity index is 611. The molecule has 0 spiro atoms. The molecule has 0 aliphatic rings. The van der Waals surface area contributed by atoms with Crippen LogP contribution in [-0.2, 0) is 13.1 Å². The molecule has 0 saturated heterocycles. The highest BCUT2D eigenvalue weighted by molar-refractivity contribution is 5.88. The molecule has 0 bridgehead atoms. The minimum atomic E-state index is -0.954. The van der Waals surface area contributed by atoms with Crippen molar-refractivity contribution in [2.45, 2.75) is 20.0 Å². The summed E-state index contributed by atoms with van der Waals surface area (Å²) in [5, 5.41) is 8.96. The molecule has 2 aromatic rings. The lowest BCUT2D eigenvalue weighted by Gasteiger charge is -2.21. The highest BCUT2D eigenvalue weighted by Gasteiger charge is 2.10. The van der Waals surface area contributed by atoms with Crippen LogP contribution in [0.25, 0.3) is 0 Å². The molecule has 2 aromatic carbocycles. The van der Waals surface area contributed by atoms with Crippen molar-refractivity contribution in [3.63, 3.8) is 0 Å². The van der Waals surface area contributed by atoms with Crippen molar-refractivity contribution in [2.75, 3.05) is 12.3 Å². The molecule has 0 aliphatic heterocycles. The fourth-order valence-corrected chi connectivity index (χ4v) is 2.23. The Balaban J connectivity index is 2.10. The highest BCUT2D eigenvalue weighted by Crippen LogP contribution is 2.18. The summed E-state index contributed by atoms with van der Waals surface area (Å²) in [4.78, 5) is 13.2. The topological polar surface area (TPSA) is 66.6 Å². The summed E-state index contributed by atoms with van der Waals surface area (Å²) in [5.74, 6) is -0.954. The number of nitrogens with zero attached hydrogens (tertiary/aromatic N) is 1. The van der Waals surface area contributed by atoms with Crippen molar-refractivity contribution in [3.8, 4) is 0 Å². The first kappa shape index (κ1) is 15.1. The Hall–Kier alpha value is -2.33. The molecule has 3 N–H and O–H groups in total. The molecule has 0 fully saturated rings. The quantitative estimate of drug-likeness (QED) is 0.800. The van der Waals surface area contributed by atoms with E-state index in [0.717, 1.165) is 18.7 Å². The smallest absolute Gasteiger partial charge is 0.335 e. The maximum atomic E-state index is 10.9. The number of benzene rings is 2. The third kappa shape index (κ3) is 4.07. The van der Waals surface area contributed by atoms with Gasteiger partial charge in [-0.3, -0.25) is 4.90 Å². The van der Waals surface area contributed by atoms with Crippen molar-refractivity contribution < 1.29 is 9.90 Å². The zero-order valence-electron chi connectivity index (χ0n) is 12.1. The molecule has 0 saturated carbocycles. The van der Waals surface area contributed by atoms with Gasteiger partial charge in [0.25, 0.3) is 0 Å². The van der Waals surface area contributed by atoms with E-state index in [2.05, 4.69) is 24.0 Å². The largest absolute Gasteiger partial charge is 0.478 e. The van der Waals surface area contributed by atoms with Crippen LogP contribution in [0.1, 0.15) is 28.4 Å². The number of rotatable bonds is 6. The number of nitrogen functional groups attached to an aromatic ring is 1. The average molecular weight is 284 g/mol. The Morgan fingerprint density at radius 1 is 1.14 bits per heavy atom. The third-order valence-electron chi connectivity index (χ3n) is 3.48. The van der Waals surface area contributed by atoms with Crippen LogP contribution in [0, 0.1) is 0 Å². The van der Waals surface area contributed by atoms with Crippen LogP contribution in [0.5, 0.6) is 0 Å². The van der Waals surface area contributed by atoms with Gasteiger partial charge in [0.05, 0.1) is 5.56 Å². The van der Waals surface area contributed by atoms with E-state index in [1.165, 1.54) is 11.6 Å². The zero-order chi connectivity index (χ0) is 15.2. The molecule has 110 valence electrons. The number of anilines is 1. The predicted molar refractivity (Wildman–Crippen MR) is 84.0 cm³/mol. The first-order valence-corrected chi connectivity index (χ1v) is 6.98. The van der Waals surface area contributed by atoms with E-state index >= 15 is 0 Å². The lowest BCUT2D eigenvalue weighted by molar-refractivity contribution is 0.0697. The van der Waals surface area contributed by atoms with Gasteiger partial charge in [-0.1, -0.05) is 43.3 Å². The monoisotopic (exact) mass is 284 g/mol. The molecule has 0 heterocycles. The second-order valence-electron chi connectivity index (χ2n) is 5.01. The molecule has 2 rings (SSSR count). The number of aromatic carboxylic acids is 1. The van der Waals surface area contributed by atoms with Gasteiger partial charge in [0.2, 0.25) is 0 Å². The summed E-state index contributed by atoms with van der Waals surface area (Å²) in [6, 6.07) is 15.2. The van der Waals surface area contributed by atoms with E-state index in [1.54, 1.807) is 12.1 Å². The first-order valence-electron chi connectivity index (χ1n) is 6.98. The predicted octanol–water partition coefficient (Wildman–Crippen LogP) is 2.99. The fraction of sp³-hybridized carbons (Fsp3) is 0.235. The Kier molecular flexibility index (Phi) is 4.95. The van der Waals surface area contributed by atoms with Crippen molar-refractivity contribution in [3.05, 3.63) is 65.2 Å². The van der Waals surface area contributed by atoms with Crippen LogP contribution >= 0.6 is 0 Å². The van der Waals surface area contributed by atoms with Crippen molar-refractivity contribution in [1.29, 1.82) is 0 Å². The van der Waals surface area contributed by atoms with Crippen LogP contribution in [0.4, 0.5) is 5.69 Å². The van der Waals surface area contributed by atoms with Gasteiger partial charge < -0.3 is 10.8 Å². The Morgan fingerprint density at radius 3 is 2.43 bits per heavy atom. The van der Waals surface area contributed by atoms with Crippen LogP contribution in [0.3, 0.4) is 0 Å². The fourth-order valence-electron chi connectivity index (χ4n) is 2.23. The summed E-state index contributed by atoms with van der Waals surface area (Å²) in [5.41, 5.74) is 8.93. The van der Waals surface area contributed by atoms with Crippen molar-refractivity contribution in [1.82, 2.24) is 4.90 Å². The Labute approximate surface area is 124 Å². The second-order valence-corrected chi connectivity index (χ2v) is 5.01. The molecule has 0 unspecified atom stereocenters. The SMILES string of the molecule is CCN(Cc1ccccc1)Cc1ccc(C(=O)O)cc1N. The van der Waals surface area contributed by atoms with Gasteiger partial charge in [-0.15, -0.1) is 0 Å². The standard InChI is InChI=1S/C17H20N2O2/c1-2-19(11-13-6-4-3-5-7-13)12-15-9-8-14(17(20)21)10-16(15)18/h3-10H,2,11-12,18H2,1H3,(H,20,21). The van der Waals surface area contributed by atoms with Crippen LogP contribution in [0.2, 0.25) is 0 Å². The number of hydrogen-bond acceptors (Lipinski definition) is 3. The highest BCUT2D eigenvalue weighted by atomic mass is 16.4. The average Bonchev–Trinajstić information content (AvgIpc) is 2.49. The second kappa shape index (κ2) is 6.90. The zero-order valence-corrected chi connectivity index (χ0v) is 12.1. The van der Waals surface area contributed by atoms with Crippen LogP contribution in [-0.4, -0.2) is 22.5 Å². The minimum Gasteiger partial charge on any atom is -0.478 e. The van der Waals surface area contributed by atoms with Gasteiger partial charge >= 0.3 is 5.97 Å². The molecular weight excluding hydrogens is 264 g/mol. The van der Waals surface area contributed by atoms with E-state index in [9.17, 15) is 4.79 Å². The minimum absolute atomic E-state index is 0.224. The van der Waals surface area contributed by atoms with Gasteiger partial charge in [0, 0.05) is 18.8 Å². The van der Waals surface area contributed by atoms with Crippen molar-refractivity contribution in [2.24, 2.45) is 0 Å². The molecule has 0 radical (unpaired) electrons. The maximum Gasteiger partial charge on any atom is 0.335 e. The normalized spacial score (nSPS) is 10.8. The van der Waals surface area contributed by atoms with Crippen LogP contribution < -0.4 is 5.73 Å². The molecular formula is C17H20N2O2. The lowest BCUT2D eigenvalue weighted by Crippen LogP contribution is -2.23. The number of carboxylic acids is 1. The molecule has 0 amide bonds. The van der Waals surface area contributed by atoms with Gasteiger partial charge in [0.15, 0.2) is 0 Å². The number of hydrogen-bond donors (Lipinski definition) is 2. The summed E-state index contributed by atoms with van der Waals surface area (Å²) in [6.45, 7) is 4.55. The summed E-state index contributed by atoms with van der Waals surface area (Å²) in [6.07, 6.45) is 0. The Morgan fingerprint density at radius 2 is 1.86 bits per heavy atom. The van der Waals surface area contributed by atoms with Crippen LogP contribution in [0.15, 0.2) is 48.5 Å². The lowest BCUT2D eigenvalue weighted by atomic mass is 10.1. The van der Waals surface area contributed by atoms with Gasteiger partial charge in [-0.2, -0.15) is 0 Å².